The third kappa shape index (κ3) is 5.62. The normalized spacial score (nSPS) is 29.5. The quantitative estimate of drug-likeness (QED) is 0.359. The molecule has 1 fully saturated rings. The summed E-state index contributed by atoms with van der Waals surface area (Å²) in [5, 5.41) is 12.9. The average Bonchev–Trinajstić information content (AvgIpc) is 3.30. The number of carbonyl (C=O) groups is 1. The molecular formula is C30H31ClF4N2O4. The van der Waals surface area contributed by atoms with Crippen LogP contribution in [0.1, 0.15) is 49.3 Å². The SMILES string of the molecule is CC1(OC(F)F)C=CC(C(N)=O)=C(c2c(Cl)c(F)cc3c2C[C@@](CN[C@H]2CC[C@H](O)CC2)(c2ccccc2)O3)C1F. The van der Waals surface area contributed by atoms with Crippen molar-refractivity contribution in [2.24, 2.45) is 5.73 Å². The Morgan fingerprint density at radius 3 is 2.56 bits per heavy atom. The summed E-state index contributed by atoms with van der Waals surface area (Å²) in [6, 6.07) is 10.4. The lowest BCUT2D eigenvalue weighted by atomic mass is 9.78. The molecular weight excluding hydrogens is 564 g/mol. The van der Waals surface area contributed by atoms with E-state index in [0.29, 0.717) is 18.4 Å². The van der Waals surface area contributed by atoms with Gasteiger partial charge in [-0.3, -0.25) is 4.79 Å². The standard InChI is InChI=1S/C30H31ClF4N2O4/c1-29(41-28(34)35)12-11-19(27(36)39)24(26(29)33)23-20-14-30(16-5-3-2-4-6-16,40-22(20)13-21(32)25(23)31)15-37-17-7-9-18(38)10-8-17/h2-6,11-13,17-18,26,28,37-38H,7-10,14-15H2,1H3,(H2,36,39)/t17-,18-,26?,29?,30-/m1/s1. The van der Waals surface area contributed by atoms with Crippen LogP contribution in [0.3, 0.4) is 0 Å². The summed E-state index contributed by atoms with van der Waals surface area (Å²) >= 11 is 6.46. The Morgan fingerprint density at radius 1 is 1.24 bits per heavy atom. The van der Waals surface area contributed by atoms with E-state index in [0.717, 1.165) is 43.5 Å². The van der Waals surface area contributed by atoms with Crippen LogP contribution >= 0.6 is 11.6 Å². The third-order valence-corrected chi connectivity index (χ3v) is 8.60. The van der Waals surface area contributed by atoms with Gasteiger partial charge in [0.2, 0.25) is 5.91 Å². The van der Waals surface area contributed by atoms with E-state index >= 15 is 8.78 Å². The van der Waals surface area contributed by atoms with Gasteiger partial charge in [0, 0.05) is 47.3 Å². The number of hydrogen-bond acceptors (Lipinski definition) is 5. The molecule has 2 aliphatic carbocycles. The first kappa shape index (κ1) is 29.6. The van der Waals surface area contributed by atoms with E-state index in [-0.39, 0.29) is 42.0 Å². The first-order valence-electron chi connectivity index (χ1n) is 13.4. The largest absolute Gasteiger partial charge is 0.480 e. The Labute approximate surface area is 240 Å². The topological polar surface area (TPSA) is 93.8 Å². The van der Waals surface area contributed by atoms with Gasteiger partial charge in [0.15, 0.2) is 11.8 Å². The third-order valence-electron chi connectivity index (χ3n) is 8.23. The predicted molar refractivity (Wildman–Crippen MR) is 146 cm³/mol. The lowest BCUT2D eigenvalue weighted by Gasteiger charge is -2.35. The van der Waals surface area contributed by atoms with Gasteiger partial charge >= 0.3 is 6.61 Å². The van der Waals surface area contributed by atoms with Crippen molar-refractivity contribution in [1.29, 1.82) is 0 Å². The lowest BCUT2D eigenvalue weighted by Crippen LogP contribution is -2.47. The molecule has 0 saturated heterocycles. The first-order chi connectivity index (χ1) is 19.4. The number of rotatable bonds is 8. The van der Waals surface area contributed by atoms with Crippen molar-refractivity contribution in [3.05, 3.63) is 81.7 Å². The molecule has 41 heavy (non-hydrogen) atoms. The predicted octanol–water partition coefficient (Wildman–Crippen LogP) is 5.35. The van der Waals surface area contributed by atoms with E-state index in [1.807, 2.05) is 30.3 Å². The number of primary amides is 1. The minimum Gasteiger partial charge on any atom is -0.480 e. The van der Waals surface area contributed by atoms with Gasteiger partial charge in [-0.2, -0.15) is 8.78 Å². The molecule has 220 valence electrons. The zero-order valence-corrected chi connectivity index (χ0v) is 23.1. The van der Waals surface area contributed by atoms with Crippen LogP contribution in [0.4, 0.5) is 17.6 Å². The summed E-state index contributed by atoms with van der Waals surface area (Å²) in [7, 11) is 0. The molecule has 1 saturated carbocycles. The van der Waals surface area contributed by atoms with Gasteiger partial charge in [0.25, 0.3) is 0 Å². The summed E-state index contributed by atoms with van der Waals surface area (Å²) in [6.07, 6.45) is 2.37. The highest BCUT2D eigenvalue weighted by Crippen LogP contribution is 2.51. The molecule has 0 radical (unpaired) electrons. The molecule has 0 spiro atoms. The smallest absolute Gasteiger partial charge is 0.346 e. The van der Waals surface area contributed by atoms with Gasteiger partial charge in [-0.1, -0.05) is 48.0 Å². The number of aliphatic hydroxyl groups is 1. The Balaban J connectivity index is 1.61. The molecule has 5 rings (SSSR count). The summed E-state index contributed by atoms with van der Waals surface area (Å²) < 4.78 is 69.2. The van der Waals surface area contributed by atoms with Crippen molar-refractivity contribution < 1.29 is 36.9 Å². The highest BCUT2D eigenvalue weighted by atomic mass is 35.5. The molecule has 0 bridgehead atoms. The summed E-state index contributed by atoms with van der Waals surface area (Å²) in [6.45, 7) is -1.94. The molecule has 2 unspecified atom stereocenters. The fourth-order valence-electron chi connectivity index (χ4n) is 6.03. The van der Waals surface area contributed by atoms with Gasteiger partial charge in [-0.05, 0) is 44.2 Å². The van der Waals surface area contributed by atoms with Crippen LogP contribution in [-0.2, 0) is 21.6 Å². The van der Waals surface area contributed by atoms with Crippen LogP contribution in [0.25, 0.3) is 5.57 Å². The van der Waals surface area contributed by atoms with Crippen LogP contribution in [0.5, 0.6) is 5.75 Å². The van der Waals surface area contributed by atoms with Crippen molar-refractivity contribution in [3.63, 3.8) is 0 Å². The molecule has 0 aromatic heterocycles. The average molecular weight is 595 g/mol. The van der Waals surface area contributed by atoms with E-state index in [4.69, 9.17) is 22.1 Å². The molecule has 3 aliphatic rings. The molecule has 2 aromatic carbocycles. The minimum atomic E-state index is -3.32. The minimum absolute atomic E-state index is 0.0844. The van der Waals surface area contributed by atoms with Crippen LogP contribution in [0.2, 0.25) is 5.02 Å². The second kappa shape index (κ2) is 11.4. The Bertz CT molecular complexity index is 1380. The number of hydrogen-bond donors (Lipinski definition) is 3. The Morgan fingerprint density at radius 2 is 1.93 bits per heavy atom. The van der Waals surface area contributed by atoms with Gasteiger partial charge in [0.05, 0.1) is 11.1 Å². The highest BCUT2D eigenvalue weighted by Gasteiger charge is 2.48. The van der Waals surface area contributed by atoms with Crippen LogP contribution in [0.15, 0.2) is 54.1 Å². The van der Waals surface area contributed by atoms with Crippen molar-refractivity contribution in [3.8, 4) is 5.75 Å². The van der Waals surface area contributed by atoms with E-state index < -0.39 is 46.3 Å². The number of carbonyl (C=O) groups excluding carboxylic acids is 1. The van der Waals surface area contributed by atoms with E-state index in [1.54, 1.807) is 0 Å². The summed E-state index contributed by atoms with van der Waals surface area (Å²) in [5.74, 6) is -1.89. The zero-order chi connectivity index (χ0) is 29.5. The number of aliphatic hydroxyl groups excluding tert-OH is 1. The Kier molecular flexibility index (Phi) is 8.22. The van der Waals surface area contributed by atoms with Crippen molar-refractivity contribution in [1.82, 2.24) is 5.32 Å². The van der Waals surface area contributed by atoms with E-state index in [1.165, 1.54) is 0 Å². The van der Waals surface area contributed by atoms with Crippen LogP contribution in [-0.4, -0.2) is 48.1 Å². The van der Waals surface area contributed by atoms with E-state index in [2.05, 4.69) is 10.1 Å². The molecule has 4 N–H and O–H groups in total. The fourth-order valence-corrected chi connectivity index (χ4v) is 6.30. The summed E-state index contributed by atoms with van der Waals surface area (Å²) in [4.78, 5) is 12.4. The Hall–Kier alpha value is -2.92. The van der Waals surface area contributed by atoms with Crippen molar-refractivity contribution >= 4 is 23.1 Å². The first-order valence-corrected chi connectivity index (χ1v) is 13.8. The van der Waals surface area contributed by atoms with E-state index in [9.17, 15) is 18.7 Å². The van der Waals surface area contributed by atoms with Gasteiger partial charge < -0.3 is 25.6 Å². The maximum atomic E-state index is 16.2. The lowest BCUT2D eigenvalue weighted by molar-refractivity contribution is -0.198. The number of ether oxygens (including phenoxy) is 2. The molecule has 1 aliphatic heterocycles. The van der Waals surface area contributed by atoms with Gasteiger partial charge in [0.1, 0.15) is 17.2 Å². The number of nitrogens with two attached hydrogens (primary N) is 1. The number of amides is 1. The maximum Gasteiger partial charge on any atom is 0.346 e. The second-order valence-corrected chi connectivity index (χ2v) is 11.4. The monoisotopic (exact) mass is 594 g/mol. The van der Waals surface area contributed by atoms with Crippen molar-refractivity contribution in [2.75, 3.05) is 6.54 Å². The molecule has 11 heteroatoms. The second-order valence-electron chi connectivity index (χ2n) is 11.0. The van der Waals surface area contributed by atoms with Gasteiger partial charge in [-0.15, -0.1) is 0 Å². The fraction of sp³-hybridized carbons (Fsp3) is 0.433. The molecule has 1 amide bonds. The van der Waals surface area contributed by atoms with Gasteiger partial charge in [-0.25, -0.2) is 8.78 Å². The van der Waals surface area contributed by atoms with Crippen molar-refractivity contribution in [2.45, 2.75) is 75.2 Å². The molecule has 6 nitrogen and oxygen atoms in total. The number of nitrogens with one attached hydrogen (secondary N) is 1. The number of alkyl halides is 3. The zero-order valence-electron chi connectivity index (χ0n) is 22.3. The maximum absolute atomic E-state index is 16.2. The number of benzene rings is 2. The molecule has 2 aromatic rings. The number of fused-ring (bicyclic) bond motifs is 1. The molecule has 3 atom stereocenters. The highest BCUT2D eigenvalue weighted by molar-refractivity contribution is 6.33. The summed E-state index contributed by atoms with van der Waals surface area (Å²) in [5.41, 5.74) is 2.44. The van der Waals surface area contributed by atoms with Crippen LogP contribution < -0.4 is 15.8 Å². The molecule has 1 heterocycles. The van der Waals surface area contributed by atoms with Crippen LogP contribution in [0, 0.1) is 5.82 Å². The number of halogens is 5.